The van der Waals surface area contributed by atoms with E-state index in [0.29, 0.717) is 0 Å². The van der Waals surface area contributed by atoms with Crippen LogP contribution in [0.5, 0.6) is 0 Å². The SMILES string of the molecule is C=N/N=C\CC. The van der Waals surface area contributed by atoms with Gasteiger partial charge in [0.15, 0.2) is 0 Å². The van der Waals surface area contributed by atoms with E-state index in [1.807, 2.05) is 6.92 Å². The predicted octanol–water partition coefficient (Wildman–Crippen LogP) is 1.08. The number of nitrogens with zero attached hydrogens (tertiary/aromatic N) is 2. The zero-order valence-corrected chi connectivity index (χ0v) is 3.89. The van der Waals surface area contributed by atoms with Gasteiger partial charge in [-0.15, -0.1) is 0 Å². The Kier molecular flexibility index (Phi) is 3.86. The Morgan fingerprint density at radius 1 is 1.83 bits per heavy atom. The third-order valence-corrected chi connectivity index (χ3v) is 0.346. The van der Waals surface area contributed by atoms with Gasteiger partial charge >= 0.3 is 0 Å². The molecular formula is C4H8N2. The Bertz CT molecular complexity index is 56.6. The highest BCUT2D eigenvalue weighted by molar-refractivity contribution is 5.56. The third-order valence-electron chi connectivity index (χ3n) is 0.346. The molecular weight excluding hydrogens is 76.1 g/mol. The summed E-state index contributed by atoms with van der Waals surface area (Å²) >= 11 is 0. The second-order valence-electron chi connectivity index (χ2n) is 0.848. The van der Waals surface area contributed by atoms with E-state index in [1.54, 1.807) is 6.21 Å². The minimum Gasteiger partial charge on any atom is -0.167 e. The highest BCUT2D eigenvalue weighted by Crippen LogP contribution is 1.66. The van der Waals surface area contributed by atoms with E-state index in [2.05, 4.69) is 16.9 Å². The fraction of sp³-hybridized carbons (Fsp3) is 0.500. The summed E-state index contributed by atoms with van der Waals surface area (Å²) < 4.78 is 0. The topological polar surface area (TPSA) is 24.7 Å². The van der Waals surface area contributed by atoms with Crippen molar-refractivity contribution in [2.45, 2.75) is 13.3 Å². The molecule has 6 heavy (non-hydrogen) atoms. The van der Waals surface area contributed by atoms with Crippen LogP contribution >= 0.6 is 0 Å². The van der Waals surface area contributed by atoms with E-state index in [4.69, 9.17) is 0 Å². The molecule has 0 bridgehead atoms. The lowest BCUT2D eigenvalue weighted by Crippen LogP contribution is -1.60. The smallest absolute Gasteiger partial charge is 0.0267 e. The van der Waals surface area contributed by atoms with Gasteiger partial charge in [0, 0.05) is 12.9 Å². The van der Waals surface area contributed by atoms with Gasteiger partial charge in [-0.05, 0) is 6.42 Å². The molecule has 0 aliphatic rings. The van der Waals surface area contributed by atoms with Gasteiger partial charge in [0.2, 0.25) is 0 Å². The quantitative estimate of drug-likeness (QED) is 0.353. The van der Waals surface area contributed by atoms with E-state index in [-0.39, 0.29) is 0 Å². The molecule has 0 amide bonds. The maximum absolute atomic E-state index is 3.48. The van der Waals surface area contributed by atoms with Crippen molar-refractivity contribution >= 4 is 12.9 Å². The molecule has 0 saturated carbocycles. The maximum atomic E-state index is 3.48. The van der Waals surface area contributed by atoms with Crippen molar-refractivity contribution in [2.75, 3.05) is 0 Å². The van der Waals surface area contributed by atoms with Crippen LogP contribution in [0.15, 0.2) is 10.2 Å². The average Bonchev–Trinajstić information content (AvgIpc) is 1.61. The van der Waals surface area contributed by atoms with Gasteiger partial charge in [0.1, 0.15) is 0 Å². The standard InChI is InChI=1S/C4H8N2/c1-3-4-6-5-2/h4H,2-3H2,1H3/b6-4-. The van der Waals surface area contributed by atoms with E-state index in [0.717, 1.165) is 6.42 Å². The molecule has 0 unspecified atom stereocenters. The normalized spacial score (nSPS) is 9.50. The fourth-order valence-corrected chi connectivity index (χ4v) is 0.139. The van der Waals surface area contributed by atoms with Gasteiger partial charge in [-0.2, -0.15) is 10.2 Å². The van der Waals surface area contributed by atoms with Crippen molar-refractivity contribution < 1.29 is 0 Å². The van der Waals surface area contributed by atoms with Crippen LogP contribution in [0.1, 0.15) is 13.3 Å². The third kappa shape index (κ3) is 3.34. The first-order chi connectivity index (χ1) is 2.91. The largest absolute Gasteiger partial charge is 0.167 e. The zero-order valence-electron chi connectivity index (χ0n) is 3.89. The van der Waals surface area contributed by atoms with Gasteiger partial charge in [-0.3, -0.25) is 0 Å². The Labute approximate surface area is 37.6 Å². The maximum Gasteiger partial charge on any atom is 0.0267 e. The van der Waals surface area contributed by atoms with Crippen LogP contribution in [-0.2, 0) is 0 Å². The highest BCUT2D eigenvalue weighted by atomic mass is 15.2. The van der Waals surface area contributed by atoms with Gasteiger partial charge in [0.25, 0.3) is 0 Å². The summed E-state index contributed by atoms with van der Waals surface area (Å²) in [6, 6.07) is 0. The number of hydrogen-bond acceptors (Lipinski definition) is 2. The Hall–Kier alpha value is -0.660. The van der Waals surface area contributed by atoms with Crippen molar-refractivity contribution in [3.05, 3.63) is 0 Å². The first-order valence-electron chi connectivity index (χ1n) is 1.89. The van der Waals surface area contributed by atoms with Gasteiger partial charge in [0.05, 0.1) is 0 Å². The lowest BCUT2D eigenvalue weighted by atomic mass is 10.6. The molecule has 2 heteroatoms. The lowest BCUT2D eigenvalue weighted by Gasteiger charge is -1.67. The van der Waals surface area contributed by atoms with Crippen molar-refractivity contribution in [1.29, 1.82) is 0 Å². The fourth-order valence-electron chi connectivity index (χ4n) is 0.139. The van der Waals surface area contributed by atoms with Crippen LogP contribution in [-0.4, -0.2) is 12.9 Å². The summed E-state index contributed by atoms with van der Waals surface area (Å²) in [5, 5.41) is 6.72. The van der Waals surface area contributed by atoms with Gasteiger partial charge in [-0.1, -0.05) is 6.92 Å². The van der Waals surface area contributed by atoms with Crippen molar-refractivity contribution in [2.24, 2.45) is 10.2 Å². The summed E-state index contributed by atoms with van der Waals surface area (Å²) in [4.78, 5) is 0. The molecule has 0 aliphatic carbocycles. The van der Waals surface area contributed by atoms with Gasteiger partial charge < -0.3 is 0 Å². The molecule has 34 valence electrons. The van der Waals surface area contributed by atoms with Crippen LogP contribution in [0, 0.1) is 0 Å². The zero-order chi connectivity index (χ0) is 4.83. The molecule has 2 nitrogen and oxygen atoms in total. The molecule has 0 saturated heterocycles. The van der Waals surface area contributed by atoms with Gasteiger partial charge in [-0.25, -0.2) is 0 Å². The molecule has 0 spiro atoms. The van der Waals surface area contributed by atoms with Crippen LogP contribution in [0.25, 0.3) is 0 Å². The average molecular weight is 84.1 g/mol. The van der Waals surface area contributed by atoms with Crippen LogP contribution in [0.3, 0.4) is 0 Å². The molecule has 0 aromatic carbocycles. The van der Waals surface area contributed by atoms with Crippen LogP contribution < -0.4 is 0 Å². The lowest BCUT2D eigenvalue weighted by molar-refractivity contribution is 1.22. The van der Waals surface area contributed by atoms with Crippen LogP contribution in [0.2, 0.25) is 0 Å². The minimum atomic E-state index is 0.930. The van der Waals surface area contributed by atoms with E-state index in [9.17, 15) is 0 Å². The minimum absolute atomic E-state index is 0.930. The van der Waals surface area contributed by atoms with Crippen LogP contribution in [0.4, 0.5) is 0 Å². The summed E-state index contributed by atoms with van der Waals surface area (Å²) in [7, 11) is 0. The number of hydrogen-bond donors (Lipinski definition) is 0. The van der Waals surface area contributed by atoms with E-state index >= 15 is 0 Å². The Balaban J connectivity index is 2.94. The molecule has 0 aromatic heterocycles. The van der Waals surface area contributed by atoms with Crippen molar-refractivity contribution in [3.8, 4) is 0 Å². The molecule has 0 aromatic rings. The molecule has 0 rings (SSSR count). The first kappa shape index (κ1) is 5.34. The second kappa shape index (κ2) is 4.34. The van der Waals surface area contributed by atoms with E-state index in [1.165, 1.54) is 0 Å². The summed E-state index contributed by atoms with van der Waals surface area (Å²) in [5.41, 5.74) is 0. The predicted molar refractivity (Wildman–Crippen MR) is 28.3 cm³/mol. The highest BCUT2D eigenvalue weighted by Gasteiger charge is 1.56. The molecule has 0 atom stereocenters. The Morgan fingerprint density at radius 3 is 2.67 bits per heavy atom. The molecule has 0 aliphatic heterocycles. The van der Waals surface area contributed by atoms with Crippen molar-refractivity contribution in [1.82, 2.24) is 0 Å². The molecule has 0 radical (unpaired) electrons. The number of rotatable bonds is 2. The van der Waals surface area contributed by atoms with Crippen molar-refractivity contribution in [3.63, 3.8) is 0 Å². The summed E-state index contributed by atoms with van der Waals surface area (Å²) in [5.74, 6) is 0. The summed E-state index contributed by atoms with van der Waals surface area (Å²) in [6.45, 7) is 5.14. The monoisotopic (exact) mass is 84.1 g/mol. The summed E-state index contributed by atoms with van der Waals surface area (Å²) in [6.07, 6.45) is 2.63. The molecule has 0 N–H and O–H groups in total. The second-order valence-corrected chi connectivity index (χ2v) is 0.848. The molecule has 0 heterocycles. The Morgan fingerprint density at radius 2 is 2.50 bits per heavy atom. The van der Waals surface area contributed by atoms with E-state index < -0.39 is 0 Å². The first-order valence-corrected chi connectivity index (χ1v) is 1.89. The molecule has 0 fully saturated rings.